The molecule has 1 aromatic carbocycles. The van der Waals surface area contributed by atoms with E-state index < -0.39 is 0 Å². The molecule has 0 N–H and O–H groups in total. The summed E-state index contributed by atoms with van der Waals surface area (Å²) in [4.78, 5) is 18.1. The Bertz CT molecular complexity index is 578. The molecule has 2 heterocycles. The molecule has 3 rings (SSSR count). The second-order valence-electron chi connectivity index (χ2n) is 4.04. The second-order valence-corrected chi connectivity index (χ2v) is 4.41. The summed E-state index contributed by atoms with van der Waals surface area (Å²) in [5.74, 6) is 1.16. The number of hydrogen-bond acceptors (Lipinski definition) is 2. The smallest absolute Gasteiger partial charge is 0.230 e. The van der Waals surface area contributed by atoms with Crippen LogP contribution in [0.15, 0.2) is 24.3 Å². The SMILES string of the molecule is O=C(CCCl)N1CCn2c1nc1ccccc12. The first kappa shape index (κ1) is 10.6. The molecule has 5 heteroatoms. The summed E-state index contributed by atoms with van der Waals surface area (Å²) in [7, 11) is 0. The topological polar surface area (TPSA) is 38.1 Å². The predicted molar refractivity (Wildman–Crippen MR) is 67.4 cm³/mol. The number of fused-ring (bicyclic) bond motifs is 3. The first-order chi connectivity index (χ1) is 8.31. The van der Waals surface area contributed by atoms with Crippen molar-refractivity contribution in [3.8, 4) is 0 Å². The minimum atomic E-state index is 0.0501. The average molecular weight is 250 g/mol. The number of anilines is 1. The summed E-state index contributed by atoms with van der Waals surface area (Å²) in [5.41, 5.74) is 2.02. The van der Waals surface area contributed by atoms with E-state index >= 15 is 0 Å². The van der Waals surface area contributed by atoms with E-state index in [9.17, 15) is 4.79 Å². The lowest BCUT2D eigenvalue weighted by Crippen LogP contribution is -2.29. The number of imidazole rings is 1. The Kier molecular flexibility index (Phi) is 2.52. The van der Waals surface area contributed by atoms with Crippen molar-refractivity contribution in [2.75, 3.05) is 17.3 Å². The Morgan fingerprint density at radius 2 is 2.18 bits per heavy atom. The van der Waals surface area contributed by atoms with Crippen LogP contribution in [0.25, 0.3) is 11.0 Å². The fraction of sp³-hybridized carbons (Fsp3) is 0.333. The highest BCUT2D eigenvalue weighted by Crippen LogP contribution is 2.27. The Morgan fingerprint density at radius 3 is 3.00 bits per heavy atom. The predicted octanol–water partition coefficient (Wildman–Crippen LogP) is 2.01. The molecule has 2 aromatic rings. The molecule has 0 saturated heterocycles. The molecule has 0 saturated carbocycles. The van der Waals surface area contributed by atoms with Crippen LogP contribution >= 0.6 is 11.6 Å². The van der Waals surface area contributed by atoms with Gasteiger partial charge in [-0.3, -0.25) is 9.69 Å². The fourth-order valence-electron chi connectivity index (χ4n) is 2.24. The summed E-state index contributed by atoms with van der Waals surface area (Å²) in [6, 6.07) is 7.93. The van der Waals surface area contributed by atoms with Crippen LogP contribution in [0.3, 0.4) is 0 Å². The number of para-hydroxylation sites is 2. The number of benzene rings is 1. The summed E-state index contributed by atoms with van der Waals surface area (Å²) in [6.07, 6.45) is 0.366. The van der Waals surface area contributed by atoms with E-state index in [0.717, 1.165) is 23.5 Å². The Balaban J connectivity index is 2.05. The van der Waals surface area contributed by atoms with Crippen molar-refractivity contribution >= 4 is 34.5 Å². The van der Waals surface area contributed by atoms with Crippen molar-refractivity contribution in [3.05, 3.63) is 24.3 Å². The average Bonchev–Trinajstić information content (AvgIpc) is 2.87. The van der Waals surface area contributed by atoms with E-state index in [1.807, 2.05) is 24.3 Å². The number of rotatable bonds is 2. The molecule has 0 unspecified atom stereocenters. The lowest BCUT2D eigenvalue weighted by atomic mass is 10.3. The van der Waals surface area contributed by atoms with Gasteiger partial charge in [0.2, 0.25) is 11.9 Å². The monoisotopic (exact) mass is 249 g/mol. The molecule has 1 amide bonds. The number of alkyl halides is 1. The minimum Gasteiger partial charge on any atom is -0.308 e. The van der Waals surface area contributed by atoms with Crippen molar-refractivity contribution in [1.29, 1.82) is 0 Å². The minimum absolute atomic E-state index is 0.0501. The van der Waals surface area contributed by atoms with Crippen LogP contribution < -0.4 is 4.90 Å². The van der Waals surface area contributed by atoms with Gasteiger partial charge in [-0.25, -0.2) is 4.98 Å². The molecule has 0 atom stereocenters. The molecule has 17 heavy (non-hydrogen) atoms. The maximum absolute atomic E-state index is 11.9. The Hall–Kier alpha value is -1.55. The van der Waals surface area contributed by atoms with E-state index in [1.165, 1.54) is 0 Å². The van der Waals surface area contributed by atoms with Gasteiger partial charge < -0.3 is 4.57 Å². The maximum atomic E-state index is 11.9. The lowest BCUT2D eigenvalue weighted by molar-refractivity contribution is -0.118. The molecule has 4 nitrogen and oxygen atoms in total. The van der Waals surface area contributed by atoms with Crippen LogP contribution in [0.4, 0.5) is 5.95 Å². The van der Waals surface area contributed by atoms with Crippen molar-refractivity contribution in [2.24, 2.45) is 0 Å². The number of aromatic nitrogens is 2. The highest BCUT2D eigenvalue weighted by Gasteiger charge is 2.27. The fourth-order valence-corrected chi connectivity index (χ4v) is 2.40. The summed E-state index contributed by atoms with van der Waals surface area (Å²) in [6.45, 7) is 1.51. The summed E-state index contributed by atoms with van der Waals surface area (Å²) < 4.78 is 2.08. The number of amides is 1. The number of hydrogen-bond donors (Lipinski definition) is 0. The van der Waals surface area contributed by atoms with Crippen molar-refractivity contribution in [2.45, 2.75) is 13.0 Å². The second kappa shape index (κ2) is 4.04. The summed E-state index contributed by atoms with van der Waals surface area (Å²) in [5, 5.41) is 0. The highest BCUT2D eigenvalue weighted by molar-refractivity contribution is 6.19. The molecular weight excluding hydrogens is 238 g/mol. The molecule has 1 aliphatic rings. The largest absolute Gasteiger partial charge is 0.308 e. The quantitative estimate of drug-likeness (QED) is 0.764. The van der Waals surface area contributed by atoms with E-state index in [0.29, 0.717) is 18.8 Å². The first-order valence-corrected chi connectivity index (χ1v) is 6.16. The van der Waals surface area contributed by atoms with Gasteiger partial charge in [0.25, 0.3) is 0 Å². The number of carbonyl (C=O) groups excluding carboxylic acids is 1. The molecule has 0 aliphatic carbocycles. The third-order valence-electron chi connectivity index (χ3n) is 3.03. The first-order valence-electron chi connectivity index (χ1n) is 5.63. The molecule has 88 valence electrons. The third kappa shape index (κ3) is 1.60. The van der Waals surface area contributed by atoms with Gasteiger partial charge in [0.1, 0.15) is 0 Å². The molecule has 1 aliphatic heterocycles. The van der Waals surface area contributed by atoms with Crippen LogP contribution in [-0.4, -0.2) is 27.9 Å². The summed E-state index contributed by atoms with van der Waals surface area (Å²) >= 11 is 5.61. The standard InChI is InChI=1S/C12H12ClN3O/c13-6-5-11(17)16-8-7-15-10-4-2-1-3-9(10)14-12(15)16/h1-4H,5-8H2. The Labute approximate surface area is 104 Å². The van der Waals surface area contributed by atoms with Crippen molar-refractivity contribution in [1.82, 2.24) is 9.55 Å². The van der Waals surface area contributed by atoms with Crippen LogP contribution in [0.5, 0.6) is 0 Å². The van der Waals surface area contributed by atoms with Crippen LogP contribution in [0.2, 0.25) is 0 Å². The zero-order valence-electron chi connectivity index (χ0n) is 9.27. The number of nitrogens with zero attached hydrogens (tertiary/aromatic N) is 3. The molecule has 0 radical (unpaired) electrons. The van der Waals surface area contributed by atoms with Gasteiger partial charge in [-0.2, -0.15) is 0 Å². The molecule has 0 spiro atoms. The zero-order valence-corrected chi connectivity index (χ0v) is 10.0. The zero-order chi connectivity index (χ0) is 11.8. The van der Waals surface area contributed by atoms with Gasteiger partial charge in [0.05, 0.1) is 11.0 Å². The molecule has 0 bridgehead atoms. The number of halogens is 1. The van der Waals surface area contributed by atoms with Crippen molar-refractivity contribution in [3.63, 3.8) is 0 Å². The molecule has 0 fully saturated rings. The van der Waals surface area contributed by atoms with Gasteiger partial charge in [0.15, 0.2) is 0 Å². The molecular formula is C12H12ClN3O. The van der Waals surface area contributed by atoms with Gasteiger partial charge in [-0.05, 0) is 12.1 Å². The normalized spacial score (nSPS) is 14.3. The van der Waals surface area contributed by atoms with E-state index in [-0.39, 0.29) is 5.91 Å². The Morgan fingerprint density at radius 1 is 1.35 bits per heavy atom. The maximum Gasteiger partial charge on any atom is 0.230 e. The van der Waals surface area contributed by atoms with Crippen LogP contribution in [0.1, 0.15) is 6.42 Å². The number of carbonyl (C=O) groups is 1. The third-order valence-corrected chi connectivity index (χ3v) is 3.22. The van der Waals surface area contributed by atoms with E-state index in [2.05, 4.69) is 9.55 Å². The van der Waals surface area contributed by atoms with Gasteiger partial charge in [0, 0.05) is 25.4 Å². The molecule has 1 aromatic heterocycles. The van der Waals surface area contributed by atoms with Crippen LogP contribution in [0, 0.1) is 0 Å². The highest BCUT2D eigenvalue weighted by atomic mass is 35.5. The lowest BCUT2D eigenvalue weighted by Gasteiger charge is -2.12. The van der Waals surface area contributed by atoms with E-state index in [4.69, 9.17) is 11.6 Å². The van der Waals surface area contributed by atoms with Gasteiger partial charge >= 0.3 is 0 Å². The van der Waals surface area contributed by atoms with Crippen LogP contribution in [-0.2, 0) is 11.3 Å². The van der Waals surface area contributed by atoms with Crippen molar-refractivity contribution < 1.29 is 4.79 Å². The van der Waals surface area contributed by atoms with Gasteiger partial charge in [-0.1, -0.05) is 12.1 Å². The van der Waals surface area contributed by atoms with Gasteiger partial charge in [-0.15, -0.1) is 11.6 Å². The van der Waals surface area contributed by atoms with E-state index in [1.54, 1.807) is 4.90 Å².